The monoisotopic (exact) mass is 316 g/mol. The third kappa shape index (κ3) is 3.70. The van der Waals surface area contributed by atoms with Crippen LogP contribution in [0.5, 0.6) is 0 Å². The summed E-state index contributed by atoms with van der Waals surface area (Å²) < 4.78 is 0. The molecule has 2 rings (SSSR count). The van der Waals surface area contributed by atoms with Crippen LogP contribution in [0.3, 0.4) is 0 Å². The molecule has 2 atom stereocenters. The van der Waals surface area contributed by atoms with Gasteiger partial charge in [-0.25, -0.2) is 10.0 Å². The zero-order valence-electron chi connectivity index (χ0n) is 14.1. The van der Waals surface area contributed by atoms with Crippen LogP contribution in [-0.4, -0.2) is 41.7 Å². The highest BCUT2D eigenvalue weighted by molar-refractivity contribution is 6.39. The number of hydrogen-bond donors (Lipinski definition) is 1. The van der Waals surface area contributed by atoms with Crippen LogP contribution in [0.25, 0.3) is 0 Å². The number of carbonyl (C=O) groups is 2. The molecule has 0 aromatic heterocycles. The van der Waals surface area contributed by atoms with Gasteiger partial charge in [-0.05, 0) is 32.4 Å². The van der Waals surface area contributed by atoms with Gasteiger partial charge in [0.25, 0.3) is 11.8 Å². The van der Waals surface area contributed by atoms with Crippen molar-refractivity contribution in [2.24, 2.45) is 4.99 Å². The second kappa shape index (κ2) is 7.26. The molecule has 0 aliphatic carbocycles. The van der Waals surface area contributed by atoms with Gasteiger partial charge < -0.3 is 4.90 Å². The molecule has 2 unspecified atom stereocenters. The number of carbonyl (C=O) groups excluding carboxylic acids is 2. The molecule has 2 amide bonds. The first-order valence-corrected chi connectivity index (χ1v) is 7.96. The predicted molar refractivity (Wildman–Crippen MR) is 91.1 cm³/mol. The minimum atomic E-state index is -0.592. The number of likely N-dealkylation sites (N-methyl/N-ethyl adjacent to an activating group) is 1. The molecular weight excluding hydrogens is 292 g/mol. The Labute approximate surface area is 137 Å². The summed E-state index contributed by atoms with van der Waals surface area (Å²) in [5.74, 6) is -0.186. The highest BCUT2D eigenvalue weighted by Gasteiger charge is 2.32. The topological polar surface area (TPSA) is 65.0 Å². The van der Waals surface area contributed by atoms with E-state index >= 15 is 0 Å². The molecule has 23 heavy (non-hydrogen) atoms. The summed E-state index contributed by atoms with van der Waals surface area (Å²) in [6.45, 7) is 5.79. The number of nitrogens with one attached hydrogen (secondary N) is 1. The standard InChI is InChI=1S/C17H24N4O2/c1-5-9-12(2)20(4)17(23)15-18-13(3)16(22)21(19-15)14-10-7-6-8-11-14/h6-8,10-13H,5,9H2,1-4H3,(H,18,19). The number of amides is 2. The van der Waals surface area contributed by atoms with Crippen LogP contribution in [0.2, 0.25) is 0 Å². The molecule has 0 spiro atoms. The van der Waals surface area contributed by atoms with Crippen molar-refractivity contribution in [1.82, 2.24) is 10.3 Å². The summed E-state index contributed by atoms with van der Waals surface area (Å²) in [7, 11) is 1.76. The van der Waals surface area contributed by atoms with Gasteiger partial charge in [-0.1, -0.05) is 31.5 Å². The minimum absolute atomic E-state index is 0.120. The van der Waals surface area contributed by atoms with Crippen LogP contribution in [0.1, 0.15) is 33.6 Å². The Hall–Kier alpha value is -2.37. The molecule has 0 saturated carbocycles. The molecule has 1 aromatic rings. The van der Waals surface area contributed by atoms with E-state index in [1.807, 2.05) is 37.3 Å². The van der Waals surface area contributed by atoms with Crippen molar-refractivity contribution < 1.29 is 9.59 Å². The summed E-state index contributed by atoms with van der Waals surface area (Å²) in [4.78, 5) is 30.9. The normalized spacial score (nSPS) is 19.0. The summed E-state index contributed by atoms with van der Waals surface area (Å²) >= 11 is 0. The average molecular weight is 316 g/mol. The van der Waals surface area contributed by atoms with Crippen LogP contribution in [0.4, 0.5) is 5.69 Å². The number of hydrazine groups is 1. The minimum Gasteiger partial charge on any atom is -0.336 e. The molecule has 0 radical (unpaired) electrons. The van der Waals surface area contributed by atoms with Crippen LogP contribution in [0, 0.1) is 0 Å². The fourth-order valence-electron chi connectivity index (χ4n) is 2.48. The summed E-state index contributed by atoms with van der Waals surface area (Å²) in [6.07, 6.45) is 1.93. The van der Waals surface area contributed by atoms with Crippen LogP contribution in [0.15, 0.2) is 35.3 Å². The van der Waals surface area contributed by atoms with E-state index in [0.29, 0.717) is 5.69 Å². The summed E-state index contributed by atoms with van der Waals surface area (Å²) in [5.41, 5.74) is 3.56. The number of amidine groups is 1. The Morgan fingerprint density at radius 1 is 1.39 bits per heavy atom. The third-order valence-electron chi connectivity index (χ3n) is 4.02. The lowest BCUT2D eigenvalue weighted by Crippen LogP contribution is -2.58. The van der Waals surface area contributed by atoms with Crippen molar-refractivity contribution in [1.29, 1.82) is 0 Å². The lowest BCUT2D eigenvalue weighted by Gasteiger charge is -2.33. The number of nitrogens with zero attached hydrogens (tertiary/aromatic N) is 3. The molecule has 1 heterocycles. The molecule has 6 heteroatoms. The third-order valence-corrected chi connectivity index (χ3v) is 4.02. The second-order valence-corrected chi connectivity index (χ2v) is 5.83. The van der Waals surface area contributed by atoms with E-state index in [1.54, 1.807) is 18.9 Å². The summed E-state index contributed by atoms with van der Waals surface area (Å²) in [5, 5.41) is 1.39. The Morgan fingerprint density at radius 2 is 2.04 bits per heavy atom. The summed E-state index contributed by atoms with van der Waals surface area (Å²) in [6, 6.07) is 8.72. The van der Waals surface area contributed by atoms with Crippen LogP contribution < -0.4 is 10.4 Å². The molecule has 1 aromatic carbocycles. The van der Waals surface area contributed by atoms with Crippen LogP contribution in [-0.2, 0) is 9.59 Å². The van der Waals surface area contributed by atoms with Crippen molar-refractivity contribution in [3.8, 4) is 0 Å². The van der Waals surface area contributed by atoms with Gasteiger partial charge >= 0.3 is 0 Å². The molecular formula is C17H24N4O2. The molecule has 124 valence electrons. The SMILES string of the molecule is CCCC(C)N(C)C(=O)C1=NC(C)C(=O)N(c2ccccc2)N1. The van der Waals surface area contributed by atoms with E-state index in [2.05, 4.69) is 17.3 Å². The zero-order chi connectivity index (χ0) is 17.0. The van der Waals surface area contributed by atoms with Gasteiger partial charge in [0.15, 0.2) is 0 Å². The highest BCUT2D eigenvalue weighted by Crippen LogP contribution is 2.16. The maximum atomic E-state index is 12.6. The van der Waals surface area contributed by atoms with E-state index in [1.165, 1.54) is 5.01 Å². The van der Waals surface area contributed by atoms with E-state index in [-0.39, 0.29) is 23.7 Å². The fourth-order valence-corrected chi connectivity index (χ4v) is 2.48. The smallest absolute Gasteiger partial charge is 0.290 e. The van der Waals surface area contributed by atoms with Gasteiger partial charge in [0, 0.05) is 13.1 Å². The maximum Gasteiger partial charge on any atom is 0.290 e. The Balaban J connectivity index is 2.21. The van der Waals surface area contributed by atoms with E-state index in [9.17, 15) is 9.59 Å². The number of benzene rings is 1. The van der Waals surface area contributed by atoms with Crippen molar-refractivity contribution in [2.45, 2.75) is 45.7 Å². The number of para-hydroxylation sites is 1. The van der Waals surface area contributed by atoms with Crippen molar-refractivity contribution in [2.75, 3.05) is 12.1 Å². The first-order chi connectivity index (χ1) is 11.0. The van der Waals surface area contributed by atoms with Gasteiger partial charge in [0.1, 0.15) is 6.04 Å². The van der Waals surface area contributed by atoms with E-state index in [4.69, 9.17) is 0 Å². The molecule has 0 bridgehead atoms. The first-order valence-electron chi connectivity index (χ1n) is 7.96. The Bertz CT molecular complexity index is 600. The van der Waals surface area contributed by atoms with Gasteiger partial charge in [-0.3, -0.25) is 15.0 Å². The van der Waals surface area contributed by atoms with E-state index < -0.39 is 6.04 Å². The van der Waals surface area contributed by atoms with Crippen molar-refractivity contribution in [3.05, 3.63) is 30.3 Å². The van der Waals surface area contributed by atoms with Gasteiger partial charge in [0.2, 0.25) is 5.84 Å². The molecule has 0 fully saturated rings. The van der Waals surface area contributed by atoms with E-state index in [0.717, 1.165) is 12.8 Å². The number of anilines is 1. The highest BCUT2D eigenvalue weighted by atomic mass is 16.2. The van der Waals surface area contributed by atoms with Crippen molar-refractivity contribution in [3.63, 3.8) is 0 Å². The quantitative estimate of drug-likeness (QED) is 0.903. The Kier molecular flexibility index (Phi) is 5.36. The number of aliphatic imine (C=N–C) groups is 1. The molecule has 6 nitrogen and oxygen atoms in total. The van der Waals surface area contributed by atoms with Crippen LogP contribution >= 0.6 is 0 Å². The Morgan fingerprint density at radius 3 is 2.65 bits per heavy atom. The predicted octanol–water partition coefficient (Wildman–Crippen LogP) is 1.97. The zero-order valence-corrected chi connectivity index (χ0v) is 14.1. The molecule has 0 saturated heterocycles. The first kappa shape index (κ1) is 17.0. The molecule has 1 aliphatic rings. The lowest BCUT2D eigenvalue weighted by atomic mass is 10.1. The van der Waals surface area contributed by atoms with Gasteiger partial charge in [0.05, 0.1) is 5.69 Å². The average Bonchev–Trinajstić information content (AvgIpc) is 2.56. The largest absolute Gasteiger partial charge is 0.336 e. The second-order valence-electron chi connectivity index (χ2n) is 5.83. The van der Waals surface area contributed by atoms with Crippen molar-refractivity contribution >= 4 is 23.3 Å². The van der Waals surface area contributed by atoms with Gasteiger partial charge in [-0.15, -0.1) is 0 Å². The molecule has 1 N–H and O–H groups in total. The number of hydrogen-bond acceptors (Lipinski definition) is 4. The maximum absolute atomic E-state index is 12.6. The lowest BCUT2D eigenvalue weighted by molar-refractivity contribution is -0.125. The fraction of sp³-hybridized carbons (Fsp3) is 0.471. The number of rotatable bonds is 5. The van der Waals surface area contributed by atoms with Gasteiger partial charge in [-0.2, -0.15) is 0 Å². The molecule has 1 aliphatic heterocycles.